The minimum atomic E-state index is -1.51. The summed E-state index contributed by atoms with van der Waals surface area (Å²) in [7, 11) is 1.44. The molecule has 11 nitrogen and oxygen atoms in total. The molecule has 0 bridgehead atoms. The second kappa shape index (κ2) is 11.2. The monoisotopic (exact) mass is 543 g/mol. The van der Waals surface area contributed by atoms with Crippen molar-refractivity contribution < 1.29 is 19.7 Å². The van der Waals surface area contributed by atoms with Crippen LogP contribution in [0.2, 0.25) is 0 Å². The Hall–Kier alpha value is -4.66. The minimum absolute atomic E-state index is 0.0157. The molecule has 2 atom stereocenters. The van der Waals surface area contributed by atoms with Crippen LogP contribution in [-0.2, 0) is 18.3 Å². The van der Waals surface area contributed by atoms with E-state index in [1.165, 1.54) is 11.6 Å². The van der Waals surface area contributed by atoms with E-state index in [4.69, 9.17) is 4.74 Å². The smallest absolute Gasteiger partial charge is 0.407 e. The van der Waals surface area contributed by atoms with Crippen molar-refractivity contribution in [2.24, 2.45) is 7.05 Å². The first-order chi connectivity index (χ1) is 19.3. The van der Waals surface area contributed by atoms with Crippen LogP contribution in [0, 0.1) is 11.8 Å². The Labute approximate surface area is 229 Å². The van der Waals surface area contributed by atoms with Gasteiger partial charge in [0.2, 0.25) is 0 Å². The van der Waals surface area contributed by atoms with E-state index in [1.807, 2.05) is 36.4 Å². The van der Waals surface area contributed by atoms with Gasteiger partial charge in [0.25, 0.3) is 5.56 Å². The molecule has 0 radical (unpaired) electrons. The summed E-state index contributed by atoms with van der Waals surface area (Å²) >= 11 is 0. The molecule has 0 fully saturated rings. The molecule has 1 amide bonds. The summed E-state index contributed by atoms with van der Waals surface area (Å²) in [5.41, 5.74) is 3.24. The number of nitrogens with zero attached hydrogens (tertiary/aromatic N) is 3. The molecule has 5 rings (SSSR count). The summed E-state index contributed by atoms with van der Waals surface area (Å²) in [5.74, 6) is 5.43. The third-order valence-corrected chi connectivity index (χ3v) is 7.13. The lowest BCUT2D eigenvalue weighted by atomic mass is 9.98. The summed E-state index contributed by atoms with van der Waals surface area (Å²) in [4.78, 5) is 43.5. The van der Waals surface area contributed by atoms with Gasteiger partial charge in [0.05, 0.1) is 12.6 Å². The topological polar surface area (TPSA) is 151 Å². The molecule has 206 valence electrons. The Morgan fingerprint density at radius 2 is 1.77 bits per heavy atom. The van der Waals surface area contributed by atoms with Gasteiger partial charge >= 0.3 is 11.8 Å². The molecular formula is C29H29N5O6. The molecule has 2 aromatic heterocycles. The largest absolute Gasteiger partial charge is 0.449 e. The zero-order valence-electron chi connectivity index (χ0n) is 22.0. The van der Waals surface area contributed by atoms with Crippen LogP contribution in [0.15, 0.2) is 58.1 Å². The maximum atomic E-state index is 12.5. The standard InChI is InChI=1S/C29H29N5O6/c1-3-4-15-34-23-25(33(2)28(38)32-27(23)37)31-26(34)24(36)22(35)13-14-30-29(39)40-16-21-19-11-7-5-9-17(19)18-10-6-8-12-20(18)21/h5-12,21-22,24,35-36H,13-16H2,1-2H3,(H,30,39)(H,32,37,38). The summed E-state index contributed by atoms with van der Waals surface area (Å²) in [6.45, 7) is 1.81. The molecule has 2 aromatic carbocycles. The number of aliphatic hydroxyl groups excluding tert-OH is 2. The molecule has 40 heavy (non-hydrogen) atoms. The highest BCUT2D eigenvalue weighted by molar-refractivity contribution is 5.79. The van der Waals surface area contributed by atoms with Gasteiger partial charge in [-0.25, -0.2) is 14.6 Å². The van der Waals surface area contributed by atoms with Crippen molar-refractivity contribution in [1.82, 2.24) is 24.4 Å². The van der Waals surface area contributed by atoms with Crippen molar-refractivity contribution in [3.8, 4) is 23.0 Å². The fourth-order valence-corrected chi connectivity index (χ4v) is 5.10. The number of imidazole rings is 1. The Balaban J connectivity index is 1.22. The number of aryl methyl sites for hydroxylation is 1. The van der Waals surface area contributed by atoms with Crippen LogP contribution in [0.1, 0.15) is 42.3 Å². The third-order valence-electron chi connectivity index (χ3n) is 7.13. The van der Waals surface area contributed by atoms with Crippen molar-refractivity contribution in [2.75, 3.05) is 13.2 Å². The number of rotatable bonds is 8. The van der Waals surface area contributed by atoms with Gasteiger partial charge in [-0.15, -0.1) is 5.92 Å². The van der Waals surface area contributed by atoms with Crippen molar-refractivity contribution in [3.05, 3.63) is 86.3 Å². The van der Waals surface area contributed by atoms with Crippen LogP contribution < -0.4 is 16.6 Å². The number of nitrogens with one attached hydrogen (secondary N) is 2. The van der Waals surface area contributed by atoms with E-state index < -0.39 is 29.6 Å². The van der Waals surface area contributed by atoms with Crippen LogP contribution in [0.3, 0.4) is 0 Å². The van der Waals surface area contributed by atoms with E-state index >= 15 is 0 Å². The molecule has 11 heteroatoms. The summed E-state index contributed by atoms with van der Waals surface area (Å²) in [5, 5.41) is 24.2. The van der Waals surface area contributed by atoms with Gasteiger partial charge in [-0.2, -0.15) is 0 Å². The predicted molar refractivity (Wildman–Crippen MR) is 148 cm³/mol. The van der Waals surface area contributed by atoms with Crippen LogP contribution >= 0.6 is 0 Å². The maximum absolute atomic E-state index is 12.5. The Bertz CT molecular complexity index is 1710. The van der Waals surface area contributed by atoms with E-state index in [-0.39, 0.29) is 49.0 Å². The lowest BCUT2D eigenvalue weighted by Crippen LogP contribution is -2.31. The molecule has 2 unspecified atom stereocenters. The van der Waals surface area contributed by atoms with Gasteiger partial charge in [0.15, 0.2) is 11.2 Å². The predicted octanol–water partition coefficient (Wildman–Crippen LogP) is 1.77. The fraction of sp³-hybridized carbons (Fsp3) is 0.310. The number of fused-ring (bicyclic) bond motifs is 4. The van der Waals surface area contributed by atoms with E-state index in [9.17, 15) is 24.6 Å². The summed E-state index contributed by atoms with van der Waals surface area (Å²) in [6.07, 6.45) is -3.51. The third kappa shape index (κ3) is 4.90. The Morgan fingerprint density at radius 1 is 1.12 bits per heavy atom. The molecule has 1 aliphatic carbocycles. The molecule has 0 aliphatic heterocycles. The van der Waals surface area contributed by atoms with E-state index in [0.29, 0.717) is 0 Å². The number of amides is 1. The van der Waals surface area contributed by atoms with Gasteiger partial charge in [-0.05, 0) is 35.6 Å². The lowest BCUT2D eigenvalue weighted by molar-refractivity contribution is 0.00701. The molecule has 4 N–H and O–H groups in total. The molecule has 2 heterocycles. The molecule has 0 saturated heterocycles. The Morgan fingerprint density at radius 3 is 2.42 bits per heavy atom. The number of hydrogen-bond acceptors (Lipinski definition) is 7. The average molecular weight is 544 g/mol. The van der Waals surface area contributed by atoms with Gasteiger partial charge in [0, 0.05) is 19.5 Å². The van der Waals surface area contributed by atoms with Crippen molar-refractivity contribution in [2.45, 2.75) is 38.0 Å². The highest BCUT2D eigenvalue weighted by Crippen LogP contribution is 2.44. The number of carbonyl (C=O) groups is 1. The van der Waals surface area contributed by atoms with Crippen LogP contribution in [0.25, 0.3) is 22.3 Å². The second-order valence-electron chi connectivity index (χ2n) is 9.53. The fourth-order valence-electron chi connectivity index (χ4n) is 5.10. The zero-order valence-corrected chi connectivity index (χ0v) is 22.0. The molecule has 0 spiro atoms. The number of benzene rings is 2. The highest BCUT2D eigenvalue weighted by Gasteiger charge is 2.30. The second-order valence-corrected chi connectivity index (χ2v) is 9.53. The van der Waals surface area contributed by atoms with E-state index in [2.05, 4.69) is 39.3 Å². The lowest BCUT2D eigenvalue weighted by Gasteiger charge is -2.19. The van der Waals surface area contributed by atoms with Crippen molar-refractivity contribution >= 4 is 17.3 Å². The molecular weight excluding hydrogens is 514 g/mol. The van der Waals surface area contributed by atoms with E-state index in [0.717, 1.165) is 26.8 Å². The maximum Gasteiger partial charge on any atom is 0.407 e. The number of aromatic nitrogens is 4. The highest BCUT2D eigenvalue weighted by atomic mass is 16.5. The normalized spacial score (nSPS) is 13.7. The molecule has 0 saturated carbocycles. The van der Waals surface area contributed by atoms with Gasteiger partial charge in [-0.1, -0.05) is 54.5 Å². The minimum Gasteiger partial charge on any atom is -0.449 e. The first-order valence-corrected chi connectivity index (χ1v) is 12.9. The first-order valence-electron chi connectivity index (χ1n) is 12.9. The van der Waals surface area contributed by atoms with Crippen molar-refractivity contribution in [1.29, 1.82) is 0 Å². The van der Waals surface area contributed by atoms with Gasteiger partial charge in [-0.3, -0.25) is 14.3 Å². The van der Waals surface area contributed by atoms with Crippen molar-refractivity contribution in [3.63, 3.8) is 0 Å². The van der Waals surface area contributed by atoms with Gasteiger partial charge < -0.3 is 24.8 Å². The number of alkyl carbamates (subject to hydrolysis) is 1. The number of H-pyrrole nitrogens is 1. The number of ether oxygens (including phenoxy) is 1. The number of aromatic amines is 1. The van der Waals surface area contributed by atoms with E-state index in [1.54, 1.807) is 6.92 Å². The SMILES string of the molecule is CC#CCn1c(C(O)C(O)CCNC(=O)OCC2c3ccccc3-c3ccccc32)nc2c1c(=O)[nH]c(=O)n2C. The first kappa shape index (κ1) is 26.9. The quantitative estimate of drug-likeness (QED) is 0.247. The number of aliphatic hydroxyl groups is 2. The summed E-state index contributed by atoms with van der Waals surface area (Å²) < 4.78 is 8.03. The Kier molecular flexibility index (Phi) is 7.55. The zero-order chi connectivity index (χ0) is 28.4. The van der Waals surface area contributed by atoms with Gasteiger partial charge in [0.1, 0.15) is 18.5 Å². The molecule has 1 aliphatic rings. The van der Waals surface area contributed by atoms with Crippen LogP contribution in [0.5, 0.6) is 0 Å². The molecule has 4 aromatic rings. The average Bonchev–Trinajstić information content (AvgIpc) is 3.50. The number of carbonyl (C=O) groups excluding carboxylic acids is 1. The van der Waals surface area contributed by atoms with Crippen LogP contribution in [0.4, 0.5) is 4.79 Å². The van der Waals surface area contributed by atoms with Crippen LogP contribution in [-0.4, -0.2) is 54.7 Å². The number of hydrogen-bond donors (Lipinski definition) is 4. The summed E-state index contributed by atoms with van der Waals surface area (Å²) in [6, 6.07) is 16.1.